The summed E-state index contributed by atoms with van der Waals surface area (Å²) in [6.45, 7) is 1.05. The molecule has 21 heavy (non-hydrogen) atoms. The van der Waals surface area contributed by atoms with E-state index in [1.165, 1.54) is 18.3 Å². The third-order valence-corrected chi connectivity index (χ3v) is 3.07. The Labute approximate surface area is 121 Å². The number of hydrogen-bond acceptors (Lipinski definition) is 6. The fourth-order valence-corrected chi connectivity index (χ4v) is 1.85. The molecule has 2 rings (SSSR count). The van der Waals surface area contributed by atoms with E-state index in [1.54, 1.807) is 19.1 Å². The summed E-state index contributed by atoms with van der Waals surface area (Å²) < 4.78 is 5.07. The monoisotopic (exact) mass is 289 g/mol. The summed E-state index contributed by atoms with van der Waals surface area (Å²) in [7, 11) is 0. The molecular weight excluding hydrogens is 274 g/mol. The van der Waals surface area contributed by atoms with Crippen LogP contribution in [-0.4, -0.2) is 26.3 Å². The van der Waals surface area contributed by atoms with Gasteiger partial charge in [-0.3, -0.25) is 4.98 Å². The quantitative estimate of drug-likeness (QED) is 0.740. The summed E-state index contributed by atoms with van der Waals surface area (Å²) in [5.74, 6) is -0.986. The van der Waals surface area contributed by atoms with E-state index in [1.807, 2.05) is 0 Å². The molecule has 0 atom stereocenters. The van der Waals surface area contributed by atoms with Crippen molar-refractivity contribution in [2.45, 2.75) is 20.1 Å². The summed E-state index contributed by atoms with van der Waals surface area (Å²) in [4.78, 5) is 15.8. The van der Waals surface area contributed by atoms with E-state index in [0.717, 1.165) is 0 Å². The molecule has 3 N–H and O–H groups in total. The highest BCUT2D eigenvalue weighted by Crippen LogP contribution is 2.25. The zero-order chi connectivity index (χ0) is 15.4. The van der Waals surface area contributed by atoms with Crippen LogP contribution in [0.5, 0.6) is 11.5 Å². The fraction of sp³-hybridized carbons (Fsp3) is 0.200. The molecule has 1 aromatic carbocycles. The number of hydrogen-bond donors (Lipinski definition) is 3. The first-order valence-electron chi connectivity index (χ1n) is 6.27. The molecule has 0 aliphatic rings. The lowest BCUT2D eigenvalue weighted by Gasteiger charge is -2.11. The van der Waals surface area contributed by atoms with Crippen molar-refractivity contribution in [3.8, 4) is 11.5 Å². The predicted octanol–water partition coefficient (Wildman–Crippen LogP) is 1.65. The topological polar surface area (TPSA) is 99.9 Å². The molecule has 0 radical (unpaired) electrons. The average Bonchev–Trinajstić information content (AvgIpc) is 2.48. The molecule has 0 spiro atoms. The van der Waals surface area contributed by atoms with Crippen LogP contribution in [0.3, 0.4) is 0 Å². The highest BCUT2D eigenvalue weighted by molar-refractivity contribution is 5.92. The molecule has 2 aromatic rings. The number of rotatable bonds is 4. The van der Waals surface area contributed by atoms with Gasteiger partial charge in [-0.05, 0) is 19.1 Å². The minimum absolute atomic E-state index is 0.0485. The first-order chi connectivity index (χ1) is 10.0. The smallest absolute Gasteiger partial charge is 0.342 e. The third-order valence-electron chi connectivity index (χ3n) is 3.07. The number of nitrogens with zero attached hydrogens (tertiary/aromatic N) is 1. The number of para-hydroxylation sites is 1. The van der Waals surface area contributed by atoms with Crippen LogP contribution in [0.2, 0.25) is 0 Å². The Morgan fingerprint density at radius 3 is 2.67 bits per heavy atom. The van der Waals surface area contributed by atoms with Crippen LogP contribution in [0, 0.1) is 6.92 Å². The van der Waals surface area contributed by atoms with Crippen LogP contribution in [0.4, 0.5) is 0 Å². The van der Waals surface area contributed by atoms with E-state index in [0.29, 0.717) is 11.3 Å². The van der Waals surface area contributed by atoms with Gasteiger partial charge in [0.25, 0.3) is 0 Å². The predicted molar refractivity (Wildman–Crippen MR) is 73.8 cm³/mol. The summed E-state index contributed by atoms with van der Waals surface area (Å²) in [5.41, 5.74) is 1.11. The van der Waals surface area contributed by atoms with Crippen LogP contribution in [0.15, 0.2) is 30.5 Å². The van der Waals surface area contributed by atoms with Gasteiger partial charge in [-0.25, -0.2) is 4.79 Å². The first kappa shape index (κ1) is 14.8. The van der Waals surface area contributed by atoms with Gasteiger partial charge in [0, 0.05) is 17.3 Å². The van der Waals surface area contributed by atoms with Gasteiger partial charge >= 0.3 is 5.97 Å². The number of aromatic hydroxyl groups is 2. The summed E-state index contributed by atoms with van der Waals surface area (Å²) in [6.07, 6.45) is 1.43. The third kappa shape index (κ3) is 3.11. The molecule has 0 aliphatic heterocycles. The number of phenols is 1. The van der Waals surface area contributed by atoms with Crippen molar-refractivity contribution in [3.05, 3.63) is 52.8 Å². The minimum atomic E-state index is -0.697. The maximum Gasteiger partial charge on any atom is 0.342 e. The highest BCUT2D eigenvalue weighted by Gasteiger charge is 2.15. The molecule has 110 valence electrons. The van der Waals surface area contributed by atoms with Crippen LogP contribution in [-0.2, 0) is 18.0 Å². The molecule has 1 heterocycles. The second kappa shape index (κ2) is 6.23. The van der Waals surface area contributed by atoms with E-state index in [2.05, 4.69) is 4.98 Å². The Hall–Kier alpha value is -2.60. The second-order valence-electron chi connectivity index (χ2n) is 4.45. The Morgan fingerprint density at radius 1 is 1.29 bits per heavy atom. The van der Waals surface area contributed by atoms with Crippen molar-refractivity contribution in [3.63, 3.8) is 0 Å². The zero-order valence-electron chi connectivity index (χ0n) is 11.4. The fourth-order valence-electron chi connectivity index (χ4n) is 1.85. The van der Waals surface area contributed by atoms with E-state index < -0.39 is 12.6 Å². The molecule has 0 unspecified atom stereocenters. The molecule has 1 aromatic heterocycles. The first-order valence-corrected chi connectivity index (χ1v) is 6.27. The zero-order valence-corrected chi connectivity index (χ0v) is 11.4. The molecule has 0 fully saturated rings. The van der Waals surface area contributed by atoms with Crippen LogP contribution in [0.1, 0.15) is 27.2 Å². The lowest BCUT2D eigenvalue weighted by molar-refractivity contribution is 0.0466. The summed E-state index contributed by atoms with van der Waals surface area (Å²) in [5, 5.41) is 28.6. The molecule has 0 amide bonds. The molecule has 0 saturated heterocycles. The number of carbonyl (C=O) groups is 1. The van der Waals surface area contributed by atoms with Gasteiger partial charge in [0.15, 0.2) is 0 Å². The maximum absolute atomic E-state index is 11.9. The number of pyridine rings is 1. The molecule has 0 aliphatic carbocycles. The average molecular weight is 289 g/mol. The Bertz CT molecular complexity index is 669. The Morgan fingerprint density at radius 2 is 2.00 bits per heavy atom. The van der Waals surface area contributed by atoms with Crippen LogP contribution in [0.25, 0.3) is 0 Å². The van der Waals surface area contributed by atoms with E-state index >= 15 is 0 Å². The molecular formula is C15H15NO5. The molecule has 6 heteroatoms. The van der Waals surface area contributed by atoms with Gasteiger partial charge in [-0.2, -0.15) is 0 Å². The van der Waals surface area contributed by atoms with Crippen LogP contribution >= 0.6 is 0 Å². The van der Waals surface area contributed by atoms with Gasteiger partial charge in [-0.15, -0.1) is 0 Å². The summed E-state index contributed by atoms with van der Waals surface area (Å²) >= 11 is 0. The van der Waals surface area contributed by atoms with E-state index in [4.69, 9.17) is 4.74 Å². The molecule has 6 nitrogen and oxygen atoms in total. The second-order valence-corrected chi connectivity index (χ2v) is 4.45. The summed E-state index contributed by atoms with van der Waals surface area (Å²) in [6, 6.07) is 6.02. The standard InChI is InChI=1S/C15H15NO5/c1-9-14(19)12(7-17)10(6-16-9)8-21-15(20)11-4-2-3-5-13(11)18/h2-6,17-19H,7-8H2,1H3. The number of aryl methyl sites for hydroxylation is 1. The van der Waals surface area contributed by atoms with Crippen LogP contribution < -0.4 is 0 Å². The number of esters is 1. The number of aromatic nitrogens is 1. The molecule has 0 bridgehead atoms. The van der Waals surface area contributed by atoms with Crippen molar-refractivity contribution in [2.75, 3.05) is 0 Å². The highest BCUT2D eigenvalue weighted by atomic mass is 16.5. The van der Waals surface area contributed by atoms with Gasteiger partial charge in [0.2, 0.25) is 0 Å². The van der Waals surface area contributed by atoms with Crippen molar-refractivity contribution in [1.82, 2.24) is 4.98 Å². The number of carbonyl (C=O) groups excluding carboxylic acids is 1. The Kier molecular flexibility index (Phi) is 4.39. The van der Waals surface area contributed by atoms with Gasteiger partial charge in [0.1, 0.15) is 23.7 Å². The van der Waals surface area contributed by atoms with Crippen molar-refractivity contribution in [2.24, 2.45) is 0 Å². The number of benzene rings is 1. The molecule has 0 saturated carbocycles. The van der Waals surface area contributed by atoms with Crippen molar-refractivity contribution in [1.29, 1.82) is 0 Å². The normalized spacial score (nSPS) is 10.4. The van der Waals surface area contributed by atoms with E-state index in [9.17, 15) is 20.1 Å². The number of aliphatic hydroxyl groups excluding tert-OH is 1. The SMILES string of the molecule is Cc1ncc(COC(=O)c2ccccc2O)c(CO)c1O. The van der Waals surface area contributed by atoms with Gasteiger partial charge < -0.3 is 20.1 Å². The lowest BCUT2D eigenvalue weighted by atomic mass is 10.1. The van der Waals surface area contributed by atoms with Gasteiger partial charge in [0.05, 0.1) is 12.3 Å². The largest absolute Gasteiger partial charge is 0.507 e. The number of aliphatic hydroxyl groups is 1. The van der Waals surface area contributed by atoms with Crippen molar-refractivity contribution >= 4 is 5.97 Å². The maximum atomic E-state index is 11.9. The number of ether oxygens (including phenoxy) is 1. The van der Waals surface area contributed by atoms with E-state index in [-0.39, 0.29) is 29.2 Å². The lowest BCUT2D eigenvalue weighted by Crippen LogP contribution is -2.08. The number of phenolic OH excluding ortho intramolecular Hbond substituents is 1. The minimum Gasteiger partial charge on any atom is -0.507 e. The van der Waals surface area contributed by atoms with Crippen molar-refractivity contribution < 1.29 is 24.9 Å². The van der Waals surface area contributed by atoms with Gasteiger partial charge in [-0.1, -0.05) is 12.1 Å². The Balaban J connectivity index is 2.16.